The van der Waals surface area contributed by atoms with E-state index in [4.69, 9.17) is 0 Å². The number of benzene rings is 2. The monoisotopic (exact) mass is 370 g/mol. The second-order valence-corrected chi connectivity index (χ2v) is 7.77. The maximum Gasteiger partial charge on any atom is 0.501 e. The molecule has 2 aromatic carbocycles. The molecule has 0 aromatic heterocycles. The summed E-state index contributed by atoms with van der Waals surface area (Å²) >= 11 is 0. The van der Waals surface area contributed by atoms with Crippen LogP contribution in [0.1, 0.15) is 12.0 Å². The molecule has 0 radical (unpaired) electrons. The van der Waals surface area contributed by atoms with Crippen LogP contribution in [0.4, 0.5) is 24.5 Å². The van der Waals surface area contributed by atoms with E-state index in [0.29, 0.717) is 6.54 Å². The number of sulfone groups is 1. The molecule has 1 unspecified atom stereocenters. The number of alkyl halides is 3. The van der Waals surface area contributed by atoms with Gasteiger partial charge in [0.1, 0.15) is 0 Å². The van der Waals surface area contributed by atoms with Gasteiger partial charge in [0.2, 0.25) is 0 Å². The molecule has 1 heterocycles. The lowest BCUT2D eigenvalue weighted by molar-refractivity contribution is -0.0435. The fourth-order valence-corrected chi connectivity index (χ4v) is 3.80. The zero-order valence-corrected chi connectivity index (χ0v) is 14.0. The summed E-state index contributed by atoms with van der Waals surface area (Å²) in [5, 5.41) is 6.17. The van der Waals surface area contributed by atoms with Gasteiger partial charge in [-0.15, -0.1) is 0 Å². The van der Waals surface area contributed by atoms with Crippen LogP contribution in [0.5, 0.6) is 0 Å². The first-order valence-corrected chi connectivity index (χ1v) is 9.26. The SMILES string of the molecule is O=S(=O)(c1ccccc1NCC1CCc2ccccc2N1)C(F)(F)F. The molecule has 134 valence electrons. The molecule has 1 aliphatic rings. The number of halogens is 3. The van der Waals surface area contributed by atoms with E-state index in [-0.39, 0.29) is 11.7 Å². The molecule has 0 saturated heterocycles. The largest absolute Gasteiger partial charge is 0.501 e. The molecule has 0 spiro atoms. The summed E-state index contributed by atoms with van der Waals surface area (Å²) in [7, 11) is -5.39. The normalized spacial score (nSPS) is 17.5. The predicted octanol–water partition coefficient (Wildman–Crippen LogP) is 3.82. The third-order valence-electron chi connectivity index (χ3n) is 4.16. The standard InChI is InChI=1S/C17H17F3N2O2S/c18-17(19,20)25(23,24)16-8-4-3-7-15(16)21-11-13-10-9-12-5-1-2-6-14(12)22-13/h1-8,13,21-22H,9-11H2. The van der Waals surface area contributed by atoms with Gasteiger partial charge in [-0.05, 0) is 36.6 Å². The van der Waals surface area contributed by atoms with E-state index in [1.807, 2.05) is 24.3 Å². The first kappa shape index (κ1) is 17.6. The molecule has 1 atom stereocenters. The van der Waals surface area contributed by atoms with Crippen molar-refractivity contribution < 1.29 is 21.6 Å². The molecule has 0 fully saturated rings. The second-order valence-electron chi connectivity index (χ2n) is 5.86. The number of para-hydroxylation sites is 2. The summed E-state index contributed by atoms with van der Waals surface area (Å²) in [6.07, 6.45) is 1.66. The third-order valence-corrected chi connectivity index (χ3v) is 5.70. The van der Waals surface area contributed by atoms with Crippen LogP contribution >= 0.6 is 0 Å². The van der Waals surface area contributed by atoms with E-state index in [0.717, 1.165) is 24.6 Å². The Kier molecular flexibility index (Phi) is 4.64. The summed E-state index contributed by atoms with van der Waals surface area (Å²) in [5.74, 6) is 0. The topological polar surface area (TPSA) is 58.2 Å². The Labute approximate surface area is 144 Å². The van der Waals surface area contributed by atoms with Crippen molar-refractivity contribution in [1.82, 2.24) is 0 Å². The Morgan fingerprint density at radius 2 is 1.76 bits per heavy atom. The molecule has 3 rings (SSSR count). The number of nitrogens with one attached hydrogen (secondary N) is 2. The molecule has 2 N–H and O–H groups in total. The summed E-state index contributed by atoms with van der Waals surface area (Å²) in [6.45, 7) is 0.318. The lowest BCUT2D eigenvalue weighted by Crippen LogP contribution is -2.33. The highest BCUT2D eigenvalue weighted by Gasteiger charge is 2.47. The van der Waals surface area contributed by atoms with Gasteiger partial charge in [-0.2, -0.15) is 13.2 Å². The average molecular weight is 370 g/mol. The Hall–Kier alpha value is -2.22. The quantitative estimate of drug-likeness (QED) is 0.859. The fraction of sp³-hybridized carbons (Fsp3) is 0.294. The van der Waals surface area contributed by atoms with Gasteiger partial charge in [-0.3, -0.25) is 0 Å². The van der Waals surface area contributed by atoms with Crippen LogP contribution in [0.25, 0.3) is 0 Å². The van der Waals surface area contributed by atoms with E-state index in [1.165, 1.54) is 23.8 Å². The molecule has 0 aliphatic carbocycles. The van der Waals surface area contributed by atoms with Crippen molar-refractivity contribution in [2.24, 2.45) is 0 Å². The number of hydrogen-bond donors (Lipinski definition) is 2. The summed E-state index contributed by atoms with van der Waals surface area (Å²) in [4.78, 5) is -0.751. The minimum atomic E-state index is -5.39. The van der Waals surface area contributed by atoms with Gasteiger partial charge < -0.3 is 10.6 Å². The summed E-state index contributed by atoms with van der Waals surface area (Å²) in [6, 6.07) is 12.9. The van der Waals surface area contributed by atoms with Gasteiger partial charge in [-0.25, -0.2) is 8.42 Å². The van der Waals surface area contributed by atoms with Crippen LogP contribution < -0.4 is 10.6 Å². The first-order valence-electron chi connectivity index (χ1n) is 7.78. The van der Waals surface area contributed by atoms with Gasteiger partial charge >= 0.3 is 5.51 Å². The van der Waals surface area contributed by atoms with Crippen molar-refractivity contribution in [3.63, 3.8) is 0 Å². The number of anilines is 2. The maximum atomic E-state index is 12.8. The van der Waals surface area contributed by atoms with E-state index in [1.54, 1.807) is 0 Å². The molecule has 0 bridgehead atoms. The van der Waals surface area contributed by atoms with Crippen LogP contribution in [-0.2, 0) is 16.3 Å². The van der Waals surface area contributed by atoms with Gasteiger partial charge in [0.25, 0.3) is 9.84 Å². The van der Waals surface area contributed by atoms with Crippen molar-refractivity contribution in [1.29, 1.82) is 0 Å². The molecule has 2 aromatic rings. The van der Waals surface area contributed by atoms with Crippen molar-refractivity contribution in [3.8, 4) is 0 Å². The average Bonchev–Trinajstić information content (AvgIpc) is 2.59. The Balaban J connectivity index is 1.75. The van der Waals surface area contributed by atoms with E-state index in [2.05, 4.69) is 10.6 Å². The van der Waals surface area contributed by atoms with Crippen molar-refractivity contribution in [2.45, 2.75) is 29.3 Å². The first-order chi connectivity index (χ1) is 11.8. The zero-order chi connectivity index (χ0) is 18.1. The lowest BCUT2D eigenvalue weighted by Gasteiger charge is -2.27. The lowest BCUT2D eigenvalue weighted by atomic mass is 9.98. The summed E-state index contributed by atoms with van der Waals surface area (Å²) < 4.78 is 61.9. The third kappa shape index (κ3) is 3.58. The number of hydrogen-bond acceptors (Lipinski definition) is 4. The fourth-order valence-electron chi connectivity index (χ4n) is 2.86. The number of fused-ring (bicyclic) bond motifs is 1. The van der Waals surface area contributed by atoms with Gasteiger partial charge in [0.05, 0.1) is 10.6 Å². The van der Waals surface area contributed by atoms with Crippen LogP contribution in [0.2, 0.25) is 0 Å². The van der Waals surface area contributed by atoms with E-state index >= 15 is 0 Å². The number of rotatable bonds is 4. The molecule has 1 aliphatic heterocycles. The molecule has 0 saturated carbocycles. The van der Waals surface area contributed by atoms with Crippen molar-refractivity contribution >= 4 is 21.2 Å². The molecular formula is C17H17F3N2O2S. The Bertz CT molecular complexity index is 866. The van der Waals surface area contributed by atoms with Crippen LogP contribution in [0.3, 0.4) is 0 Å². The van der Waals surface area contributed by atoms with Crippen molar-refractivity contribution in [3.05, 3.63) is 54.1 Å². The highest BCUT2D eigenvalue weighted by molar-refractivity contribution is 7.92. The van der Waals surface area contributed by atoms with Crippen molar-refractivity contribution in [2.75, 3.05) is 17.2 Å². The van der Waals surface area contributed by atoms with Crippen LogP contribution in [-0.4, -0.2) is 26.5 Å². The molecule has 8 heteroatoms. The maximum absolute atomic E-state index is 12.8. The Morgan fingerprint density at radius 1 is 1.08 bits per heavy atom. The molecule has 25 heavy (non-hydrogen) atoms. The zero-order valence-electron chi connectivity index (χ0n) is 13.2. The minimum Gasteiger partial charge on any atom is -0.382 e. The highest BCUT2D eigenvalue weighted by Crippen LogP contribution is 2.34. The second kappa shape index (κ2) is 6.59. The predicted molar refractivity (Wildman–Crippen MR) is 90.3 cm³/mol. The van der Waals surface area contributed by atoms with Gasteiger partial charge in [0, 0.05) is 18.3 Å². The highest BCUT2D eigenvalue weighted by atomic mass is 32.2. The molecular weight excluding hydrogens is 353 g/mol. The number of aryl methyl sites for hydroxylation is 1. The van der Waals surface area contributed by atoms with Gasteiger partial charge in [0.15, 0.2) is 0 Å². The molecule has 4 nitrogen and oxygen atoms in total. The van der Waals surface area contributed by atoms with E-state index in [9.17, 15) is 21.6 Å². The van der Waals surface area contributed by atoms with E-state index < -0.39 is 20.2 Å². The van der Waals surface area contributed by atoms with Crippen LogP contribution in [0, 0.1) is 0 Å². The van der Waals surface area contributed by atoms with Crippen LogP contribution in [0.15, 0.2) is 53.4 Å². The smallest absolute Gasteiger partial charge is 0.382 e. The summed E-state index contributed by atoms with van der Waals surface area (Å²) in [5.41, 5.74) is -3.18. The molecule has 0 amide bonds. The van der Waals surface area contributed by atoms with Gasteiger partial charge in [-0.1, -0.05) is 30.3 Å². The minimum absolute atomic E-state index is 0.00320. The Morgan fingerprint density at radius 3 is 2.52 bits per heavy atom.